The van der Waals surface area contributed by atoms with Crippen LogP contribution in [0.25, 0.3) is 0 Å². The number of aromatic carboxylic acids is 1. The van der Waals surface area contributed by atoms with Gasteiger partial charge in [0, 0.05) is 0 Å². The normalized spacial score (nSPS) is 24.9. The number of amides is 1. The summed E-state index contributed by atoms with van der Waals surface area (Å²) in [5, 5.41) is 8.87. The molecule has 1 fully saturated rings. The second-order valence-corrected chi connectivity index (χ2v) is 4.58. The van der Waals surface area contributed by atoms with Crippen LogP contribution < -0.4 is 0 Å². The van der Waals surface area contributed by atoms with Crippen LogP contribution in [0.1, 0.15) is 22.6 Å². The second kappa shape index (κ2) is 3.94. The molecule has 5 nitrogen and oxygen atoms in total. The van der Waals surface area contributed by atoms with Gasteiger partial charge in [-0.05, 0) is 18.6 Å². The highest BCUT2D eigenvalue weighted by atomic mass is 16.4. The zero-order chi connectivity index (χ0) is 12.7. The number of carboxylic acids is 1. The molecule has 0 aromatic carbocycles. The Hall–Kier alpha value is -2.17. The number of rotatable bonds is 3. The molecule has 1 aliphatic carbocycles. The van der Waals surface area contributed by atoms with Crippen LogP contribution in [0.4, 0.5) is 0 Å². The van der Waals surface area contributed by atoms with Gasteiger partial charge < -0.3 is 10.0 Å². The Kier molecular flexibility index (Phi) is 2.40. The molecule has 0 radical (unpaired) electrons. The summed E-state index contributed by atoms with van der Waals surface area (Å²) < 4.78 is 0. The molecule has 1 saturated heterocycles. The minimum atomic E-state index is -1.05. The molecule has 1 N–H and O–H groups in total. The summed E-state index contributed by atoms with van der Waals surface area (Å²) in [4.78, 5) is 28.5. The van der Waals surface area contributed by atoms with E-state index < -0.39 is 5.97 Å². The SMILES string of the molecule is O=C(O)c1cccc(CN2C(=O)C3C=CC2C3)n1. The monoisotopic (exact) mass is 244 g/mol. The van der Waals surface area contributed by atoms with Crippen LogP contribution in [-0.4, -0.2) is 32.9 Å². The fraction of sp³-hybridized carbons (Fsp3) is 0.308. The molecule has 18 heavy (non-hydrogen) atoms. The largest absolute Gasteiger partial charge is 0.477 e. The van der Waals surface area contributed by atoms with Crippen molar-refractivity contribution in [1.82, 2.24) is 9.88 Å². The van der Waals surface area contributed by atoms with Gasteiger partial charge in [-0.3, -0.25) is 4.79 Å². The number of carbonyl (C=O) groups is 2. The number of likely N-dealkylation sites (tertiary alicyclic amines) is 1. The van der Waals surface area contributed by atoms with Gasteiger partial charge in [-0.1, -0.05) is 18.2 Å². The standard InChI is InChI=1S/C13H12N2O3/c16-12-8-4-5-10(6-8)15(12)7-9-2-1-3-11(14-9)13(17)18/h1-5,8,10H,6-7H2,(H,17,18). The average molecular weight is 244 g/mol. The van der Waals surface area contributed by atoms with Crippen LogP contribution in [0.2, 0.25) is 0 Å². The van der Waals surface area contributed by atoms with E-state index in [1.807, 2.05) is 12.2 Å². The van der Waals surface area contributed by atoms with Crippen molar-refractivity contribution in [2.24, 2.45) is 5.92 Å². The lowest BCUT2D eigenvalue weighted by Crippen LogP contribution is -2.34. The highest BCUT2D eigenvalue weighted by Gasteiger charge is 2.40. The first-order valence-electron chi connectivity index (χ1n) is 5.83. The molecule has 92 valence electrons. The molecule has 2 unspecified atom stereocenters. The van der Waals surface area contributed by atoms with E-state index in [-0.39, 0.29) is 23.6 Å². The number of nitrogens with zero attached hydrogens (tertiary/aromatic N) is 2. The Morgan fingerprint density at radius 2 is 2.28 bits per heavy atom. The molecule has 1 aliphatic heterocycles. The van der Waals surface area contributed by atoms with Gasteiger partial charge in [0.2, 0.25) is 5.91 Å². The zero-order valence-electron chi connectivity index (χ0n) is 9.61. The number of aromatic nitrogens is 1. The van der Waals surface area contributed by atoms with Gasteiger partial charge in [-0.15, -0.1) is 0 Å². The summed E-state index contributed by atoms with van der Waals surface area (Å²) >= 11 is 0. The summed E-state index contributed by atoms with van der Waals surface area (Å²) in [6.45, 7) is 0.380. The van der Waals surface area contributed by atoms with Crippen molar-refractivity contribution in [2.45, 2.75) is 19.0 Å². The minimum absolute atomic E-state index is 0.0117. The van der Waals surface area contributed by atoms with Gasteiger partial charge in [-0.2, -0.15) is 0 Å². The van der Waals surface area contributed by atoms with E-state index >= 15 is 0 Å². The van der Waals surface area contributed by atoms with Crippen LogP contribution in [0.3, 0.4) is 0 Å². The van der Waals surface area contributed by atoms with Gasteiger partial charge in [0.15, 0.2) is 0 Å². The molecule has 2 aliphatic rings. The lowest BCUT2D eigenvalue weighted by atomic mass is 10.1. The molecule has 2 atom stereocenters. The van der Waals surface area contributed by atoms with Gasteiger partial charge in [-0.25, -0.2) is 9.78 Å². The average Bonchev–Trinajstić information content (AvgIpc) is 2.93. The highest BCUT2D eigenvalue weighted by molar-refractivity contribution is 5.86. The first kappa shape index (κ1) is 11.0. The minimum Gasteiger partial charge on any atom is -0.477 e. The molecule has 0 spiro atoms. The van der Waals surface area contributed by atoms with Crippen molar-refractivity contribution >= 4 is 11.9 Å². The molecule has 2 heterocycles. The molecule has 1 aromatic heterocycles. The molecule has 0 saturated carbocycles. The third-order valence-corrected chi connectivity index (χ3v) is 3.42. The summed E-state index contributed by atoms with van der Waals surface area (Å²) in [6.07, 6.45) is 4.83. The number of carboxylic acid groups (broad SMARTS) is 1. The van der Waals surface area contributed by atoms with E-state index in [0.29, 0.717) is 12.2 Å². The van der Waals surface area contributed by atoms with Crippen LogP contribution in [0.5, 0.6) is 0 Å². The van der Waals surface area contributed by atoms with E-state index in [4.69, 9.17) is 5.11 Å². The Balaban J connectivity index is 1.81. The third-order valence-electron chi connectivity index (χ3n) is 3.42. The maximum absolute atomic E-state index is 11.9. The summed E-state index contributed by atoms with van der Waals surface area (Å²) in [5.41, 5.74) is 0.629. The number of carbonyl (C=O) groups excluding carboxylic acids is 1. The number of fused-ring (bicyclic) bond motifs is 2. The molecule has 2 bridgehead atoms. The Labute approximate surface area is 104 Å². The van der Waals surface area contributed by atoms with Crippen molar-refractivity contribution in [1.29, 1.82) is 0 Å². The van der Waals surface area contributed by atoms with E-state index in [0.717, 1.165) is 6.42 Å². The smallest absolute Gasteiger partial charge is 0.354 e. The molecule has 5 heteroatoms. The summed E-state index contributed by atoms with van der Waals surface area (Å²) in [7, 11) is 0. The predicted molar refractivity (Wildman–Crippen MR) is 62.8 cm³/mol. The lowest BCUT2D eigenvalue weighted by Gasteiger charge is -2.23. The third kappa shape index (κ3) is 1.68. The lowest BCUT2D eigenvalue weighted by molar-refractivity contribution is -0.131. The summed E-state index contributed by atoms with van der Waals surface area (Å²) in [5.74, 6) is -0.923. The van der Waals surface area contributed by atoms with E-state index in [2.05, 4.69) is 4.98 Å². The first-order chi connectivity index (χ1) is 8.65. The number of hydrogen-bond acceptors (Lipinski definition) is 3. The predicted octanol–water partition coefficient (Wildman–Crippen LogP) is 1.07. The number of hydrogen-bond donors (Lipinski definition) is 1. The maximum Gasteiger partial charge on any atom is 0.354 e. The van der Waals surface area contributed by atoms with Crippen molar-refractivity contribution in [2.75, 3.05) is 0 Å². The zero-order valence-corrected chi connectivity index (χ0v) is 9.61. The van der Waals surface area contributed by atoms with Crippen LogP contribution in [-0.2, 0) is 11.3 Å². The Morgan fingerprint density at radius 1 is 1.44 bits per heavy atom. The van der Waals surface area contributed by atoms with Crippen molar-refractivity contribution < 1.29 is 14.7 Å². The van der Waals surface area contributed by atoms with E-state index in [1.54, 1.807) is 17.0 Å². The van der Waals surface area contributed by atoms with Crippen molar-refractivity contribution in [3.05, 3.63) is 41.7 Å². The second-order valence-electron chi connectivity index (χ2n) is 4.58. The Morgan fingerprint density at radius 3 is 2.94 bits per heavy atom. The molecule has 1 amide bonds. The Bertz CT molecular complexity index is 553. The van der Waals surface area contributed by atoms with Crippen LogP contribution in [0.15, 0.2) is 30.4 Å². The van der Waals surface area contributed by atoms with Gasteiger partial charge in [0.1, 0.15) is 5.69 Å². The number of pyridine rings is 1. The van der Waals surface area contributed by atoms with Crippen molar-refractivity contribution in [3.8, 4) is 0 Å². The highest BCUT2D eigenvalue weighted by Crippen LogP contribution is 2.33. The van der Waals surface area contributed by atoms with Gasteiger partial charge >= 0.3 is 5.97 Å². The van der Waals surface area contributed by atoms with Gasteiger partial charge in [0.05, 0.1) is 24.2 Å². The summed E-state index contributed by atoms with van der Waals surface area (Å²) in [6, 6.07) is 5.00. The van der Waals surface area contributed by atoms with Crippen LogP contribution >= 0.6 is 0 Å². The van der Waals surface area contributed by atoms with E-state index in [1.165, 1.54) is 6.07 Å². The molecule has 1 aromatic rings. The molecule has 3 rings (SSSR count). The maximum atomic E-state index is 11.9. The first-order valence-corrected chi connectivity index (χ1v) is 5.83. The fourth-order valence-electron chi connectivity index (χ4n) is 2.53. The van der Waals surface area contributed by atoms with Gasteiger partial charge in [0.25, 0.3) is 0 Å². The van der Waals surface area contributed by atoms with Crippen LogP contribution in [0, 0.1) is 5.92 Å². The van der Waals surface area contributed by atoms with Crippen molar-refractivity contribution in [3.63, 3.8) is 0 Å². The fourth-order valence-corrected chi connectivity index (χ4v) is 2.53. The van der Waals surface area contributed by atoms with E-state index in [9.17, 15) is 9.59 Å². The molecular formula is C13H12N2O3. The topological polar surface area (TPSA) is 70.5 Å². The molecular weight excluding hydrogens is 232 g/mol. The quantitative estimate of drug-likeness (QED) is 0.807.